The molecule has 3 aromatic rings. The zero-order valence-corrected chi connectivity index (χ0v) is 19.5. The van der Waals surface area contributed by atoms with E-state index in [4.69, 9.17) is 0 Å². The lowest BCUT2D eigenvalue weighted by Crippen LogP contribution is -2.43. The third-order valence-electron chi connectivity index (χ3n) is 5.65. The van der Waals surface area contributed by atoms with E-state index in [-0.39, 0.29) is 37.1 Å². The molecule has 0 aliphatic carbocycles. The zero-order chi connectivity index (χ0) is 23.8. The quantitative estimate of drug-likeness (QED) is 0.377. The van der Waals surface area contributed by atoms with Gasteiger partial charge in [-0.25, -0.2) is 0 Å². The lowest BCUT2D eigenvalue weighted by Gasteiger charge is -2.14. The van der Waals surface area contributed by atoms with Crippen LogP contribution in [0.5, 0.6) is 0 Å². The first-order valence-corrected chi connectivity index (χ1v) is 11.3. The van der Waals surface area contributed by atoms with Crippen LogP contribution in [0.15, 0.2) is 48.5 Å². The standard InChI is InChI=1S/C26H32N4O3/c1-17-9-12-23-22(15-17)21(19(3)28-23)16-26(33)30-29-25(32)14-13-24(31)27-18(2)10-11-20-7-5-4-6-8-20/h4-9,12,15,18,28H,10-11,13-14,16H2,1-3H3,(H,27,31)(H,29,32)(H,30,33). The maximum absolute atomic E-state index is 12.3. The summed E-state index contributed by atoms with van der Waals surface area (Å²) >= 11 is 0. The highest BCUT2D eigenvalue weighted by Crippen LogP contribution is 2.23. The minimum atomic E-state index is -0.401. The van der Waals surface area contributed by atoms with Crippen LogP contribution in [0.25, 0.3) is 10.9 Å². The summed E-state index contributed by atoms with van der Waals surface area (Å²) in [6, 6.07) is 16.2. The number of carbonyl (C=O) groups is 3. The fourth-order valence-corrected chi connectivity index (χ4v) is 3.80. The molecular weight excluding hydrogens is 416 g/mol. The van der Waals surface area contributed by atoms with E-state index in [1.54, 1.807) is 0 Å². The Labute approximate surface area is 194 Å². The predicted molar refractivity (Wildman–Crippen MR) is 129 cm³/mol. The first kappa shape index (κ1) is 24.0. The number of carbonyl (C=O) groups excluding carboxylic acids is 3. The van der Waals surface area contributed by atoms with Gasteiger partial charge < -0.3 is 10.3 Å². The predicted octanol–water partition coefficient (Wildman–Crippen LogP) is 3.39. The van der Waals surface area contributed by atoms with Crippen molar-refractivity contribution in [3.63, 3.8) is 0 Å². The Morgan fingerprint density at radius 3 is 2.36 bits per heavy atom. The Balaban J connectivity index is 1.37. The monoisotopic (exact) mass is 448 g/mol. The van der Waals surface area contributed by atoms with Crippen LogP contribution in [-0.4, -0.2) is 28.7 Å². The van der Waals surface area contributed by atoms with Crippen LogP contribution in [0.1, 0.15) is 48.6 Å². The van der Waals surface area contributed by atoms with Crippen LogP contribution in [0.4, 0.5) is 0 Å². The fourth-order valence-electron chi connectivity index (χ4n) is 3.80. The highest BCUT2D eigenvalue weighted by molar-refractivity contribution is 5.91. The second-order valence-corrected chi connectivity index (χ2v) is 8.54. The van der Waals surface area contributed by atoms with Gasteiger partial charge in [0.05, 0.1) is 6.42 Å². The van der Waals surface area contributed by atoms with Crippen molar-refractivity contribution in [2.24, 2.45) is 0 Å². The van der Waals surface area contributed by atoms with E-state index in [9.17, 15) is 14.4 Å². The second kappa shape index (κ2) is 11.3. The van der Waals surface area contributed by atoms with E-state index < -0.39 is 5.91 Å². The van der Waals surface area contributed by atoms with Crippen molar-refractivity contribution in [3.05, 3.63) is 70.9 Å². The summed E-state index contributed by atoms with van der Waals surface area (Å²) in [5.74, 6) is -0.892. The van der Waals surface area contributed by atoms with Gasteiger partial charge >= 0.3 is 0 Å². The lowest BCUT2D eigenvalue weighted by atomic mass is 10.1. The molecule has 4 N–H and O–H groups in total. The summed E-state index contributed by atoms with van der Waals surface area (Å²) in [5, 5.41) is 3.92. The summed E-state index contributed by atoms with van der Waals surface area (Å²) in [6.45, 7) is 5.89. The number of H-pyrrole nitrogens is 1. The van der Waals surface area contributed by atoms with Gasteiger partial charge in [0.15, 0.2) is 0 Å². The Kier molecular flexibility index (Phi) is 8.24. The van der Waals surface area contributed by atoms with Crippen LogP contribution in [-0.2, 0) is 27.2 Å². The molecule has 1 heterocycles. The van der Waals surface area contributed by atoms with Crippen molar-refractivity contribution in [2.75, 3.05) is 0 Å². The number of benzene rings is 2. The number of aryl methyl sites for hydroxylation is 3. The van der Waals surface area contributed by atoms with E-state index >= 15 is 0 Å². The van der Waals surface area contributed by atoms with Crippen molar-refractivity contribution >= 4 is 28.6 Å². The van der Waals surface area contributed by atoms with Crippen molar-refractivity contribution in [1.82, 2.24) is 21.2 Å². The first-order chi connectivity index (χ1) is 15.8. The number of aromatic amines is 1. The van der Waals surface area contributed by atoms with Crippen LogP contribution >= 0.6 is 0 Å². The molecule has 7 nitrogen and oxygen atoms in total. The normalized spacial score (nSPS) is 11.7. The molecule has 0 spiro atoms. The third-order valence-corrected chi connectivity index (χ3v) is 5.65. The number of hydrogen-bond donors (Lipinski definition) is 4. The van der Waals surface area contributed by atoms with Gasteiger partial charge in [0.2, 0.25) is 17.7 Å². The molecule has 0 aliphatic rings. The fraction of sp³-hybridized carbons (Fsp3) is 0.346. The smallest absolute Gasteiger partial charge is 0.242 e. The Bertz CT molecular complexity index is 1120. The summed E-state index contributed by atoms with van der Waals surface area (Å²) in [5.41, 5.74) is 10.0. The summed E-state index contributed by atoms with van der Waals surface area (Å²) in [7, 11) is 0. The largest absolute Gasteiger partial charge is 0.358 e. The van der Waals surface area contributed by atoms with Crippen molar-refractivity contribution in [3.8, 4) is 0 Å². The number of rotatable bonds is 9. The average Bonchev–Trinajstić information content (AvgIpc) is 3.10. The Hall–Kier alpha value is -3.61. The number of fused-ring (bicyclic) bond motifs is 1. The summed E-state index contributed by atoms with van der Waals surface area (Å²) < 4.78 is 0. The van der Waals surface area contributed by atoms with Crippen LogP contribution in [0.2, 0.25) is 0 Å². The number of hydrazine groups is 1. The van der Waals surface area contributed by atoms with E-state index in [0.29, 0.717) is 0 Å². The molecule has 7 heteroatoms. The molecule has 3 amide bonds. The van der Waals surface area contributed by atoms with E-state index in [2.05, 4.69) is 33.3 Å². The van der Waals surface area contributed by atoms with Crippen molar-refractivity contribution in [2.45, 2.75) is 58.9 Å². The molecule has 1 unspecified atom stereocenters. The van der Waals surface area contributed by atoms with Gasteiger partial charge in [-0.1, -0.05) is 42.0 Å². The number of aromatic nitrogens is 1. The van der Waals surface area contributed by atoms with Gasteiger partial charge in [0, 0.05) is 35.5 Å². The minimum Gasteiger partial charge on any atom is -0.358 e. The average molecular weight is 449 g/mol. The molecule has 2 aromatic carbocycles. The van der Waals surface area contributed by atoms with Gasteiger partial charge in [-0.15, -0.1) is 0 Å². The summed E-state index contributed by atoms with van der Waals surface area (Å²) in [6.07, 6.45) is 1.92. The Morgan fingerprint density at radius 2 is 1.61 bits per heavy atom. The topological polar surface area (TPSA) is 103 Å². The highest BCUT2D eigenvalue weighted by atomic mass is 16.2. The van der Waals surface area contributed by atoms with Crippen LogP contribution in [0, 0.1) is 13.8 Å². The molecule has 0 fully saturated rings. The van der Waals surface area contributed by atoms with Gasteiger partial charge in [-0.05, 0) is 56.9 Å². The van der Waals surface area contributed by atoms with Gasteiger partial charge in [0.1, 0.15) is 0 Å². The molecule has 0 saturated carbocycles. The molecular formula is C26H32N4O3. The maximum atomic E-state index is 12.3. The van der Waals surface area contributed by atoms with Crippen LogP contribution in [0.3, 0.4) is 0 Å². The molecule has 0 radical (unpaired) electrons. The van der Waals surface area contributed by atoms with Crippen molar-refractivity contribution < 1.29 is 14.4 Å². The van der Waals surface area contributed by atoms with Gasteiger partial charge in [0.25, 0.3) is 0 Å². The SMILES string of the molecule is Cc1ccc2[nH]c(C)c(CC(=O)NNC(=O)CCC(=O)NC(C)CCc3ccccc3)c2c1. The van der Waals surface area contributed by atoms with Gasteiger partial charge in [-0.2, -0.15) is 0 Å². The molecule has 1 atom stereocenters. The third kappa shape index (κ3) is 7.20. The Morgan fingerprint density at radius 1 is 0.909 bits per heavy atom. The minimum absolute atomic E-state index is 0.00280. The highest BCUT2D eigenvalue weighted by Gasteiger charge is 2.14. The van der Waals surface area contributed by atoms with E-state index in [1.165, 1.54) is 5.56 Å². The zero-order valence-electron chi connectivity index (χ0n) is 19.5. The van der Waals surface area contributed by atoms with Crippen molar-refractivity contribution in [1.29, 1.82) is 0 Å². The molecule has 0 saturated heterocycles. The summed E-state index contributed by atoms with van der Waals surface area (Å²) in [4.78, 5) is 39.8. The molecule has 33 heavy (non-hydrogen) atoms. The molecule has 174 valence electrons. The lowest BCUT2D eigenvalue weighted by molar-refractivity contribution is -0.130. The van der Waals surface area contributed by atoms with Gasteiger partial charge in [-0.3, -0.25) is 25.2 Å². The number of hydrogen-bond acceptors (Lipinski definition) is 3. The number of nitrogens with one attached hydrogen (secondary N) is 4. The molecule has 3 rings (SSSR count). The first-order valence-electron chi connectivity index (χ1n) is 11.3. The maximum Gasteiger partial charge on any atom is 0.242 e. The second-order valence-electron chi connectivity index (χ2n) is 8.54. The number of amides is 3. The molecule has 0 aliphatic heterocycles. The van der Waals surface area contributed by atoms with E-state index in [1.807, 2.05) is 57.2 Å². The van der Waals surface area contributed by atoms with E-state index in [0.717, 1.165) is 40.6 Å². The van der Waals surface area contributed by atoms with Crippen LogP contribution < -0.4 is 16.2 Å². The molecule has 1 aromatic heterocycles. The molecule has 0 bridgehead atoms.